The monoisotopic (exact) mass is 351 g/mol. The zero-order valence-electron chi connectivity index (χ0n) is 14.6. The number of benzene rings is 2. The van der Waals surface area contributed by atoms with Gasteiger partial charge in [0.2, 0.25) is 0 Å². The molecule has 0 aliphatic carbocycles. The van der Waals surface area contributed by atoms with Gasteiger partial charge in [0.15, 0.2) is 5.75 Å². The number of rotatable bonds is 5. The number of carbonyl (C=O) groups excluding carboxylic acids is 1. The third kappa shape index (κ3) is 4.24. The maximum Gasteiger partial charge on any atom is 0.311 e. The Labute approximate surface area is 150 Å². The SMILES string of the molecule is COc1ccc(C=C(C#N)C(=O)Nc2ccc(C)c(C)c2)cc1[N+](=O)[O-]. The third-order valence-electron chi connectivity index (χ3n) is 3.84. The summed E-state index contributed by atoms with van der Waals surface area (Å²) in [4.78, 5) is 22.8. The maximum absolute atomic E-state index is 12.3. The molecular weight excluding hydrogens is 334 g/mol. The van der Waals surface area contributed by atoms with Gasteiger partial charge in [0.1, 0.15) is 11.6 Å². The van der Waals surface area contributed by atoms with E-state index in [1.165, 1.54) is 31.4 Å². The van der Waals surface area contributed by atoms with Gasteiger partial charge in [0, 0.05) is 11.8 Å². The number of aryl methyl sites for hydroxylation is 2. The summed E-state index contributed by atoms with van der Waals surface area (Å²) in [7, 11) is 1.33. The van der Waals surface area contributed by atoms with Crippen LogP contribution in [0, 0.1) is 35.3 Å². The average Bonchev–Trinajstić information content (AvgIpc) is 2.62. The molecular formula is C19H17N3O4. The second-order valence-electron chi connectivity index (χ2n) is 5.61. The van der Waals surface area contributed by atoms with Gasteiger partial charge in [-0.1, -0.05) is 12.1 Å². The highest BCUT2D eigenvalue weighted by molar-refractivity contribution is 6.09. The summed E-state index contributed by atoms with van der Waals surface area (Å²) in [5.74, 6) is -0.487. The number of nitriles is 1. The topological polar surface area (TPSA) is 105 Å². The Kier molecular flexibility index (Phi) is 5.71. The number of nitro groups is 1. The summed E-state index contributed by atoms with van der Waals surface area (Å²) in [6.07, 6.45) is 1.29. The molecule has 2 rings (SSSR count). The van der Waals surface area contributed by atoms with Crippen molar-refractivity contribution in [1.82, 2.24) is 0 Å². The minimum atomic E-state index is -0.589. The van der Waals surface area contributed by atoms with Crippen molar-refractivity contribution in [2.45, 2.75) is 13.8 Å². The van der Waals surface area contributed by atoms with Crippen LogP contribution in [0.15, 0.2) is 42.0 Å². The molecule has 0 fully saturated rings. The highest BCUT2D eigenvalue weighted by atomic mass is 16.6. The molecule has 0 saturated carbocycles. The van der Waals surface area contributed by atoms with Crippen LogP contribution in [0.3, 0.4) is 0 Å². The number of nitro benzene ring substituents is 1. The molecule has 0 aromatic heterocycles. The lowest BCUT2D eigenvalue weighted by atomic mass is 10.1. The van der Waals surface area contributed by atoms with Gasteiger partial charge in [0.25, 0.3) is 5.91 Å². The van der Waals surface area contributed by atoms with E-state index in [1.807, 2.05) is 26.0 Å². The number of ether oxygens (including phenoxy) is 1. The van der Waals surface area contributed by atoms with Crippen LogP contribution in [0.1, 0.15) is 16.7 Å². The van der Waals surface area contributed by atoms with Gasteiger partial charge in [-0.3, -0.25) is 14.9 Å². The van der Waals surface area contributed by atoms with Crippen molar-refractivity contribution in [2.24, 2.45) is 0 Å². The lowest BCUT2D eigenvalue weighted by Crippen LogP contribution is -2.13. The zero-order valence-corrected chi connectivity index (χ0v) is 14.6. The number of carbonyl (C=O) groups is 1. The van der Waals surface area contributed by atoms with Crippen molar-refractivity contribution in [1.29, 1.82) is 5.26 Å². The summed E-state index contributed by atoms with van der Waals surface area (Å²) in [6, 6.07) is 11.4. The van der Waals surface area contributed by atoms with Gasteiger partial charge in [-0.25, -0.2) is 0 Å². The smallest absolute Gasteiger partial charge is 0.311 e. The van der Waals surface area contributed by atoms with E-state index in [0.717, 1.165) is 11.1 Å². The molecule has 1 N–H and O–H groups in total. The van der Waals surface area contributed by atoms with Crippen molar-refractivity contribution < 1.29 is 14.5 Å². The first-order chi connectivity index (χ1) is 12.3. The number of hydrogen-bond donors (Lipinski definition) is 1. The minimum absolute atomic E-state index is 0.102. The van der Waals surface area contributed by atoms with Crippen LogP contribution in [0.4, 0.5) is 11.4 Å². The van der Waals surface area contributed by atoms with Gasteiger partial charge >= 0.3 is 5.69 Å². The van der Waals surface area contributed by atoms with E-state index in [9.17, 15) is 20.2 Å². The minimum Gasteiger partial charge on any atom is -0.490 e. The Bertz CT molecular complexity index is 942. The molecule has 7 nitrogen and oxygen atoms in total. The first-order valence-corrected chi connectivity index (χ1v) is 7.68. The molecule has 7 heteroatoms. The van der Waals surface area contributed by atoms with Crippen LogP contribution in [-0.2, 0) is 4.79 Å². The number of anilines is 1. The van der Waals surface area contributed by atoms with Crippen LogP contribution in [0.5, 0.6) is 5.75 Å². The molecule has 0 spiro atoms. The fourth-order valence-corrected chi connectivity index (χ4v) is 2.27. The fourth-order valence-electron chi connectivity index (χ4n) is 2.27. The van der Waals surface area contributed by atoms with Crippen molar-refractivity contribution in [2.75, 3.05) is 12.4 Å². The Hall–Kier alpha value is -3.66. The number of methoxy groups -OCH3 is 1. The van der Waals surface area contributed by atoms with Crippen LogP contribution in [-0.4, -0.2) is 17.9 Å². The molecule has 0 aliphatic rings. The second-order valence-corrected chi connectivity index (χ2v) is 5.61. The molecule has 1 amide bonds. The van der Waals surface area contributed by atoms with E-state index in [1.54, 1.807) is 12.1 Å². The summed E-state index contributed by atoms with van der Waals surface area (Å²) < 4.78 is 4.93. The molecule has 0 aliphatic heterocycles. The third-order valence-corrected chi connectivity index (χ3v) is 3.84. The zero-order chi connectivity index (χ0) is 19.3. The number of nitrogens with one attached hydrogen (secondary N) is 1. The van der Waals surface area contributed by atoms with Gasteiger partial charge in [-0.2, -0.15) is 5.26 Å². The standard InChI is InChI=1S/C19H17N3O4/c1-12-4-6-16(8-13(12)2)21-19(23)15(11-20)9-14-5-7-18(26-3)17(10-14)22(24)25/h4-10H,1-3H3,(H,21,23). The predicted molar refractivity (Wildman–Crippen MR) is 97.8 cm³/mol. The molecule has 0 radical (unpaired) electrons. The summed E-state index contributed by atoms with van der Waals surface area (Å²) in [5, 5.41) is 23.0. The average molecular weight is 351 g/mol. The van der Waals surface area contributed by atoms with Crippen molar-refractivity contribution in [3.63, 3.8) is 0 Å². The van der Waals surface area contributed by atoms with Crippen LogP contribution in [0.25, 0.3) is 6.08 Å². The Morgan fingerprint density at radius 2 is 1.96 bits per heavy atom. The van der Waals surface area contributed by atoms with E-state index in [4.69, 9.17) is 4.74 Å². The highest BCUT2D eigenvalue weighted by Gasteiger charge is 2.16. The molecule has 0 atom stereocenters. The lowest BCUT2D eigenvalue weighted by Gasteiger charge is -2.07. The summed E-state index contributed by atoms with van der Waals surface area (Å²) >= 11 is 0. The lowest BCUT2D eigenvalue weighted by molar-refractivity contribution is -0.385. The highest BCUT2D eigenvalue weighted by Crippen LogP contribution is 2.28. The van der Waals surface area contributed by atoms with E-state index < -0.39 is 10.8 Å². The summed E-state index contributed by atoms with van der Waals surface area (Å²) in [5.41, 5.74) is 2.61. The van der Waals surface area contributed by atoms with Crippen LogP contribution >= 0.6 is 0 Å². The fraction of sp³-hybridized carbons (Fsp3) is 0.158. The van der Waals surface area contributed by atoms with Gasteiger partial charge in [-0.15, -0.1) is 0 Å². The van der Waals surface area contributed by atoms with E-state index in [-0.39, 0.29) is 17.0 Å². The van der Waals surface area contributed by atoms with Crippen LogP contribution in [0.2, 0.25) is 0 Å². The van der Waals surface area contributed by atoms with Crippen molar-refractivity contribution in [3.8, 4) is 11.8 Å². The van der Waals surface area contributed by atoms with Crippen molar-refractivity contribution >= 4 is 23.4 Å². The molecule has 2 aromatic rings. The Morgan fingerprint density at radius 1 is 1.23 bits per heavy atom. The first-order valence-electron chi connectivity index (χ1n) is 7.68. The number of hydrogen-bond acceptors (Lipinski definition) is 5. The van der Waals surface area contributed by atoms with Crippen molar-refractivity contribution in [3.05, 3.63) is 68.8 Å². The predicted octanol–water partition coefficient (Wildman–Crippen LogP) is 3.77. The van der Waals surface area contributed by atoms with Gasteiger partial charge < -0.3 is 10.1 Å². The molecule has 0 unspecified atom stereocenters. The van der Waals surface area contributed by atoms with E-state index in [0.29, 0.717) is 11.3 Å². The number of nitrogens with zero attached hydrogens (tertiary/aromatic N) is 2. The Balaban J connectivity index is 2.30. The molecule has 0 heterocycles. The second kappa shape index (κ2) is 7.94. The molecule has 26 heavy (non-hydrogen) atoms. The van der Waals surface area contributed by atoms with Gasteiger partial charge in [-0.05, 0) is 54.8 Å². The molecule has 132 valence electrons. The van der Waals surface area contributed by atoms with E-state index >= 15 is 0 Å². The molecule has 0 bridgehead atoms. The molecule has 2 aromatic carbocycles. The summed E-state index contributed by atoms with van der Waals surface area (Å²) in [6.45, 7) is 3.88. The number of amides is 1. The Morgan fingerprint density at radius 3 is 2.54 bits per heavy atom. The largest absolute Gasteiger partial charge is 0.490 e. The maximum atomic E-state index is 12.3. The normalized spacial score (nSPS) is 10.8. The quantitative estimate of drug-likeness (QED) is 0.382. The first kappa shape index (κ1) is 18.7. The van der Waals surface area contributed by atoms with Gasteiger partial charge in [0.05, 0.1) is 12.0 Å². The molecule has 0 saturated heterocycles. The van der Waals surface area contributed by atoms with Crippen LogP contribution < -0.4 is 10.1 Å². The van der Waals surface area contributed by atoms with E-state index in [2.05, 4.69) is 5.32 Å².